The van der Waals surface area contributed by atoms with E-state index < -0.39 is 12.7 Å². The monoisotopic (exact) mass is 254 g/mol. The Hall–Kier alpha value is 1.48. The van der Waals surface area contributed by atoms with Gasteiger partial charge in [0.15, 0.2) is 12.7 Å². The summed E-state index contributed by atoms with van der Waals surface area (Å²) < 4.78 is 0.483. The van der Waals surface area contributed by atoms with Crippen LogP contribution in [0.25, 0.3) is 0 Å². The van der Waals surface area contributed by atoms with Gasteiger partial charge >= 0.3 is 0 Å². The first kappa shape index (κ1) is 11.6. The highest BCUT2D eigenvalue weighted by atomic mass is 32.8. The van der Waals surface area contributed by atoms with Gasteiger partial charge in [-0.15, -0.1) is 0 Å². The summed E-state index contributed by atoms with van der Waals surface area (Å²) in [7, 11) is 2.35. The molecule has 0 spiro atoms. The van der Waals surface area contributed by atoms with Crippen molar-refractivity contribution in [3.63, 3.8) is 0 Å². The van der Waals surface area contributed by atoms with Crippen LogP contribution in [0.15, 0.2) is 0 Å². The van der Waals surface area contributed by atoms with Crippen LogP contribution in [0.1, 0.15) is 13.8 Å². The van der Waals surface area contributed by atoms with E-state index in [1.165, 1.54) is 0 Å². The van der Waals surface area contributed by atoms with E-state index in [4.69, 9.17) is 0 Å². The Morgan fingerprint density at radius 3 is 1.42 bits per heavy atom. The van der Waals surface area contributed by atoms with Gasteiger partial charge < -0.3 is 0 Å². The second-order valence-corrected chi connectivity index (χ2v) is 30.5. The molecule has 12 heavy (non-hydrogen) atoms. The maximum absolute atomic E-state index is 2.50. The summed E-state index contributed by atoms with van der Waals surface area (Å²) in [6, 6.07) is 0. The number of hydrogen-bond acceptors (Lipinski definition) is 3. The fourth-order valence-electron chi connectivity index (χ4n) is 1.84. The van der Waals surface area contributed by atoms with Gasteiger partial charge in [0, 0.05) is 4.08 Å². The van der Waals surface area contributed by atoms with Gasteiger partial charge in [0.2, 0.25) is 0 Å². The van der Waals surface area contributed by atoms with E-state index in [1.807, 2.05) is 0 Å². The minimum Gasteiger partial charge on any atom is -0.183 e. The molecule has 0 N–H and O–H groups in total. The van der Waals surface area contributed by atoms with Crippen molar-refractivity contribution in [1.82, 2.24) is 0 Å². The van der Waals surface area contributed by atoms with Crippen molar-refractivity contribution in [1.29, 1.82) is 0 Å². The first-order chi connectivity index (χ1) is 5.12. The van der Waals surface area contributed by atoms with Crippen molar-refractivity contribution in [2.45, 2.75) is 44.1 Å². The fourth-order valence-corrected chi connectivity index (χ4v) is 52.8. The van der Waals surface area contributed by atoms with Crippen LogP contribution in [0.2, 0.25) is 26.2 Å². The normalized spacial score (nSPS) is 31.5. The Bertz CT molecular complexity index is 144. The molecule has 1 aliphatic heterocycles. The fraction of sp³-hybridized carbons (Fsp3) is 1.00. The number of rotatable bonds is 0. The van der Waals surface area contributed by atoms with Crippen LogP contribution in [0.3, 0.4) is 0 Å². The zero-order chi connectivity index (χ0) is 9.62. The summed E-state index contributed by atoms with van der Waals surface area (Å²) in [5, 5.41) is 0. The summed E-state index contributed by atoms with van der Waals surface area (Å²) in [5.41, 5.74) is 0. The van der Waals surface area contributed by atoms with Crippen LogP contribution in [-0.4, -0.2) is 16.8 Å². The first-order valence-corrected chi connectivity index (χ1v) is 15.6. The van der Waals surface area contributed by atoms with Gasteiger partial charge in [0.1, 0.15) is 0 Å². The zero-order valence-electron chi connectivity index (χ0n) is 8.72. The summed E-state index contributed by atoms with van der Waals surface area (Å²) in [6.07, 6.45) is -1.97. The standard InChI is InChI=1S/C7H18S3Si2/c1-7(2)8-11(3,4)10-12(5,6)9-7/h1-6H3. The predicted molar refractivity (Wildman–Crippen MR) is 71.8 cm³/mol. The Balaban J connectivity index is 2.81. The van der Waals surface area contributed by atoms with E-state index in [-0.39, 0.29) is 0 Å². The molecule has 0 atom stereocenters. The van der Waals surface area contributed by atoms with Crippen LogP contribution in [0.5, 0.6) is 0 Å². The molecule has 1 fully saturated rings. The Morgan fingerprint density at radius 1 is 0.833 bits per heavy atom. The maximum atomic E-state index is 2.50. The summed E-state index contributed by atoms with van der Waals surface area (Å²) in [5.74, 6) is 0. The SMILES string of the molecule is CC1(C)S[Si](C)(C)S[Si](C)(C)S1. The molecule has 0 unspecified atom stereocenters. The molecule has 0 aromatic heterocycles. The van der Waals surface area contributed by atoms with Crippen LogP contribution in [0, 0.1) is 0 Å². The molecule has 0 bridgehead atoms. The molecule has 0 radical (unpaired) electrons. The highest BCUT2D eigenvalue weighted by Gasteiger charge is 2.46. The molecular weight excluding hydrogens is 236 g/mol. The number of hydrogen-bond donors (Lipinski definition) is 0. The van der Waals surface area contributed by atoms with Crippen molar-refractivity contribution in [3.05, 3.63) is 0 Å². The van der Waals surface area contributed by atoms with E-state index in [2.05, 4.69) is 73.1 Å². The molecule has 0 aliphatic carbocycles. The Morgan fingerprint density at radius 2 is 1.17 bits per heavy atom. The largest absolute Gasteiger partial charge is 0.183 e. The van der Waals surface area contributed by atoms with Crippen LogP contribution in [-0.2, 0) is 0 Å². The summed E-state index contributed by atoms with van der Waals surface area (Å²) in [6.45, 7) is 14.8. The molecule has 1 saturated heterocycles. The average Bonchev–Trinajstić information content (AvgIpc) is 1.44. The topological polar surface area (TPSA) is 0 Å². The van der Waals surface area contributed by atoms with Gasteiger partial charge in [-0.05, 0) is 13.8 Å². The highest BCUT2D eigenvalue weighted by molar-refractivity contribution is 8.83. The van der Waals surface area contributed by atoms with Crippen LogP contribution >= 0.6 is 33.1 Å². The maximum Gasteiger partial charge on any atom is 0.167 e. The average molecular weight is 255 g/mol. The highest BCUT2D eigenvalue weighted by Crippen LogP contribution is 2.59. The smallest absolute Gasteiger partial charge is 0.167 e. The Kier molecular flexibility index (Phi) is 3.14. The van der Waals surface area contributed by atoms with E-state index in [0.717, 1.165) is 0 Å². The molecule has 0 aromatic rings. The van der Waals surface area contributed by atoms with E-state index in [1.54, 1.807) is 0 Å². The quantitative estimate of drug-likeness (QED) is 0.590. The second kappa shape index (κ2) is 3.26. The van der Waals surface area contributed by atoms with E-state index in [0.29, 0.717) is 4.08 Å². The van der Waals surface area contributed by atoms with Crippen molar-refractivity contribution < 1.29 is 0 Å². The predicted octanol–water partition coefficient (Wildman–Crippen LogP) is 4.34. The third-order valence-electron chi connectivity index (χ3n) is 1.47. The third kappa shape index (κ3) is 3.32. The molecule has 72 valence electrons. The van der Waals surface area contributed by atoms with Gasteiger partial charge in [-0.25, -0.2) is 0 Å². The van der Waals surface area contributed by atoms with E-state index >= 15 is 0 Å². The van der Waals surface area contributed by atoms with Crippen LogP contribution in [0.4, 0.5) is 0 Å². The van der Waals surface area contributed by atoms with Gasteiger partial charge in [-0.1, -0.05) is 26.2 Å². The van der Waals surface area contributed by atoms with E-state index in [9.17, 15) is 0 Å². The van der Waals surface area contributed by atoms with Gasteiger partial charge in [0.25, 0.3) is 0 Å². The Labute approximate surface area is 89.6 Å². The molecule has 0 nitrogen and oxygen atoms in total. The molecule has 5 heteroatoms. The van der Waals surface area contributed by atoms with Gasteiger partial charge in [-0.3, -0.25) is 0 Å². The molecule has 0 amide bonds. The second-order valence-electron chi connectivity index (χ2n) is 4.51. The van der Waals surface area contributed by atoms with Crippen molar-refractivity contribution in [2.24, 2.45) is 0 Å². The summed E-state index contributed by atoms with van der Waals surface area (Å²) >= 11 is 4.50. The zero-order valence-corrected chi connectivity index (χ0v) is 13.2. The molecule has 1 heterocycles. The molecule has 0 saturated carbocycles. The van der Waals surface area contributed by atoms with Crippen molar-refractivity contribution in [3.8, 4) is 0 Å². The van der Waals surface area contributed by atoms with Crippen molar-refractivity contribution >= 4 is 45.8 Å². The first-order valence-electron chi connectivity index (χ1n) is 4.22. The van der Waals surface area contributed by atoms with Crippen molar-refractivity contribution in [2.75, 3.05) is 0 Å². The lowest BCUT2D eigenvalue weighted by atomic mass is 10.6. The lowest BCUT2D eigenvalue weighted by molar-refractivity contribution is 1.04. The van der Waals surface area contributed by atoms with Gasteiger partial charge in [-0.2, -0.15) is 33.1 Å². The minimum absolute atomic E-state index is 0.483. The molecule has 0 aromatic carbocycles. The minimum atomic E-state index is -0.987. The lowest BCUT2D eigenvalue weighted by Gasteiger charge is -2.45. The molecule has 1 aliphatic rings. The van der Waals surface area contributed by atoms with Crippen LogP contribution < -0.4 is 0 Å². The lowest BCUT2D eigenvalue weighted by Crippen LogP contribution is -2.40. The summed E-state index contributed by atoms with van der Waals surface area (Å²) in [4.78, 5) is 0. The molecule has 1 rings (SSSR count). The molecular formula is C7H18S3Si2. The van der Waals surface area contributed by atoms with Gasteiger partial charge in [0.05, 0.1) is 0 Å². The third-order valence-corrected chi connectivity index (χ3v) is 29.6.